The fraction of sp³-hybridized carbons (Fsp3) is 0.283. The first-order valence-electron chi connectivity index (χ1n) is 25.5. The van der Waals surface area contributed by atoms with Crippen molar-refractivity contribution >= 4 is 58.4 Å². The molecule has 3 heterocycles. The highest BCUT2D eigenvalue weighted by molar-refractivity contribution is 6.05. The second kappa shape index (κ2) is 24.0. The van der Waals surface area contributed by atoms with Gasteiger partial charge in [0.25, 0.3) is 5.91 Å². The van der Waals surface area contributed by atoms with Gasteiger partial charge in [-0.3, -0.25) is 14.4 Å². The molecule has 0 bridgehead atoms. The van der Waals surface area contributed by atoms with Gasteiger partial charge < -0.3 is 49.6 Å². The van der Waals surface area contributed by atoms with Crippen LogP contribution in [0.2, 0.25) is 0 Å². The van der Waals surface area contributed by atoms with Crippen molar-refractivity contribution in [2.24, 2.45) is 11.8 Å². The van der Waals surface area contributed by atoms with E-state index in [0.717, 1.165) is 109 Å². The zero-order valence-electron chi connectivity index (χ0n) is 43.2. The quantitative estimate of drug-likeness (QED) is 0.0659. The summed E-state index contributed by atoms with van der Waals surface area (Å²) in [5.41, 5.74) is 9.14. The largest absolute Gasteiger partial charge is 0.497 e. The number of piperidine rings is 2. The first kappa shape index (κ1) is 51.3. The van der Waals surface area contributed by atoms with E-state index in [9.17, 15) is 14.4 Å². The van der Waals surface area contributed by atoms with Gasteiger partial charge in [-0.15, -0.1) is 0 Å². The van der Waals surface area contributed by atoms with E-state index >= 15 is 0 Å². The molecule has 0 aliphatic carbocycles. The highest BCUT2D eigenvalue weighted by Crippen LogP contribution is 2.37. The van der Waals surface area contributed by atoms with Gasteiger partial charge >= 0.3 is 0 Å². The van der Waals surface area contributed by atoms with Crippen LogP contribution in [0.15, 0.2) is 140 Å². The van der Waals surface area contributed by atoms with Crippen LogP contribution < -0.4 is 44.7 Å². The number of methoxy groups -OCH3 is 2. The number of nitrogens with zero attached hydrogens (tertiary/aromatic N) is 5. The first-order valence-corrected chi connectivity index (χ1v) is 25.5. The molecule has 386 valence electrons. The maximum absolute atomic E-state index is 13.8. The van der Waals surface area contributed by atoms with Gasteiger partial charge in [0.1, 0.15) is 28.7 Å². The van der Waals surface area contributed by atoms with Gasteiger partial charge in [-0.25, -0.2) is 4.98 Å². The number of rotatable bonds is 19. The molecule has 2 saturated heterocycles. The molecule has 0 unspecified atom stereocenters. The van der Waals surface area contributed by atoms with Crippen molar-refractivity contribution in [3.05, 3.63) is 151 Å². The van der Waals surface area contributed by atoms with Crippen LogP contribution in [0.1, 0.15) is 48.5 Å². The second-order valence-electron chi connectivity index (χ2n) is 18.9. The molecule has 3 N–H and O–H groups in total. The van der Waals surface area contributed by atoms with E-state index in [1.54, 1.807) is 39.6 Å². The van der Waals surface area contributed by atoms with Gasteiger partial charge in [0.15, 0.2) is 5.82 Å². The van der Waals surface area contributed by atoms with Crippen molar-refractivity contribution in [1.29, 1.82) is 0 Å². The van der Waals surface area contributed by atoms with Crippen molar-refractivity contribution in [1.82, 2.24) is 14.9 Å². The van der Waals surface area contributed by atoms with Crippen molar-refractivity contribution in [3.63, 3.8) is 0 Å². The Hall–Kier alpha value is -8.59. The molecule has 15 heteroatoms. The van der Waals surface area contributed by atoms with Crippen LogP contribution in [-0.2, 0) is 9.59 Å². The van der Waals surface area contributed by atoms with E-state index in [2.05, 4.69) is 36.8 Å². The number of hydrogen-bond acceptors (Lipinski definition) is 12. The number of amides is 3. The predicted molar refractivity (Wildman–Crippen MR) is 296 cm³/mol. The van der Waals surface area contributed by atoms with E-state index < -0.39 is 0 Å². The average Bonchev–Trinajstić information content (AvgIpc) is 3.46. The fourth-order valence-electron chi connectivity index (χ4n) is 9.62. The molecule has 75 heavy (non-hydrogen) atoms. The van der Waals surface area contributed by atoms with E-state index in [-0.39, 0.29) is 17.7 Å². The number of para-hydroxylation sites is 1. The van der Waals surface area contributed by atoms with Gasteiger partial charge in [-0.05, 0) is 140 Å². The summed E-state index contributed by atoms with van der Waals surface area (Å²) in [6.07, 6.45) is 5.72. The van der Waals surface area contributed by atoms with Crippen LogP contribution in [0.4, 0.5) is 40.2 Å². The average molecular weight is 1010 g/mol. The SMILES string of the molecule is CCOc1cc(N2CCC(C(=O)N3CCC(COc4ccc(-c5ccc(NC(=O)c6ccc(OC)c(-c7cccc(OC)c7)c6)cc5)cc4)CC3)CC2)ccc1Nc1ncc(N(C)C=O)c(Nc2ccccc2C)n1. The van der Waals surface area contributed by atoms with Gasteiger partial charge in [0, 0.05) is 73.4 Å². The number of benzene rings is 6. The third-order valence-electron chi connectivity index (χ3n) is 14.0. The van der Waals surface area contributed by atoms with E-state index in [4.69, 9.17) is 23.9 Å². The number of likely N-dealkylation sites (tertiary alicyclic amines) is 1. The molecule has 0 spiro atoms. The topological polar surface area (TPSA) is 160 Å². The lowest BCUT2D eigenvalue weighted by Gasteiger charge is -2.38. The Balaban J connectivity index is 0.722. The van der Waals surface area contributed by atoms with E-state index in [0.29, 0.717) is 65.0 Å². The molecule has 0 atom stereocenters. The van der Waals surface area contributed by atoms with Crippen LogP contribution in [0.25, 0.3) is 22.3 Å². The maximum Gasteiger partial charge on any atom is 0.255 e. The van der Waals surface area contributed by atoms with Gasteiger partial charge in [0.2, 0.25) is 18.3 Å². The smallest absolute Gasteiger partial charge is 0.255 e. The van der Waals surface area contributed by atoms with Crippen LogP contribution in [0, 0.1) is 18.8 Å². The molecule has 2 aliphatic heterocycles. The summed E-state index contributed by atoms with van der Waals surface area (Å²) in [7, 11) is 4.90. The fourth-order valence-corrected chi connectivity index (χ4v) is 9.62. The normalized spacial score (nSPS) is 13.9. The lowest BCUT2D eigenvalue weighted by molar-refractivity contribution is -0.137. The molecule has 1 aromatic heterocycles. The van der Waals surface area contributed by atoms with Crippen molar-refractivity contribution in [3.8, 4) is 45.3 Å². The minimum Gasteiger partial charge on any atom is -0.497 e. The van der Waals surface area contributed by atoms with E-state index in [1.165, 1.54) is 4.90 Å². The number of hydrogen-bond donors (Lipinski definition) is 3. The summed E-state index contributed by atoms with van der Waals surface area (Å²) in [4.78, 5) is 54.0. The zero-order chi connectivity index (χ0) is 52.3. The number of ether oxygens (including phenoxy) is 4. The summed E-state index contributed by atoms with van der Waals surface area (Å²) < 4.78 is 23.4. The molecule has 2 fully saturated rings. The summed E-state index contributed by atoms with van der Waals surface area (Å²) in [5, 5.41) is 9.72. The second-order valence-corrected chi connectivity index (χ2v) is 18.9. The predicted octanol–water partition coefficient (Wildman–Crippen LogP) is 11.4. The number of aromatic nitrogens is 2. The lowest BCUT2D eigenvalue weighted by Crippen LogP contribution is -2.46. The highest BCUT2D eigenvalue weighted by atomic mass is 16.5. The molecule has 0 saturated carbocycles. The van der Waals surface area contributed by atoms with Crippen molar-refractivity contribution in [2.45, 2.75) is 39.5 Å². The Kier molecular flexibility index (Phi) is 16.4. The Bertz CT molecular complexity index is 3100. The Morgan fingerprint density at radius 3 is 2.17 bits per heavy atom. The van der Waals surface area contributed by atoms with Crippen LogP contribution in [0.3, 0.4) is 0 Å². The Labute approximate surface area is 438 Å². The van der Waals surface area contributed by atoms with Crippen LogP contribution >= 0.6 is 0 Å². The van der Waals surface area contributed by atoms with Crippen LogP contribution in [-0.4, -0.2) is 93.8 Å². The number of carbonyl (C=O) groups is 3. The monoisotopic (exact) mass is 1010 g/mol. The van der Waals surface area contributed by atoms with Gasteiger partial charge in [-0.2, -0.15) is 4.98 Å². The molecule has 0 radical (unpaired) electrons. The molecular formula is C60H64N8O7. The molecule has 9 rings (SSSR count). The third-order valence-corrected chi connectivity index (χ3v) is 14.0. The van der Waals surface area contributed by atoms with Crippen LogP contribution in [0.5, 0.6) is 23.0 Å². The molecular weight excluding hydrogens is 945 g/mol. The number of carbonyl (C=O) groups excluding carboxylic acids is 3. The Morgan fingerprint density at radius 2 is 1.47 bits per heavy atom. The molecule has 7 aromatic rings. The minimum atomic E-state index is -0.221. The third kappa shape index (κ3) is 12.4. The number of nitrogens with one attached hydrogen (secondary N) is 3. The summed E-state index contributed by atoms with van der Waals surface area (Å²) in [5.74, 6) is 4.10. The van der Waals surface area contributed by atoms with Gasteiger partial charge in [-0.1, -0.05) is 54.6 Å². The van der Waals surface area contributed by atoms with Gasteiger partial charge in [0.05, 0.1) is 39.3 Å². The number of anilines is 7. The highest BCUT2D eigenvalue weighted by Gasteiger charge is 2.32. The molecule has 2 aliphatic rings. The minimum absolute atomic E-state index is 0.00504. The standard InChI is InChI=1S/C60H64N8O7/c1-6-74-56-36-48(21-24-53(56)64-60-61-37-54(66(3)39-69)57(65-60)63-52-13-8-7-10-40(52)2)67-32-28-44(29-33-67)59(71)68-30-26-41(27-31-68)38-75-49-22-16-43(17-23-49)42-14-19-47(20-15-42)62-58(70)46-18-25-55(73-5)51(35-46)45-11-9-12-50(34-45)72-4/h7-25,34-37,39,41,44H,6,26-33,38H2,1-5H3,(H,62,70)(H2,61,63,64,65). The van der Waals surface area contributed by atoms with E-state index in [1.807, 2.05) is 129 Å². The summed E-state index contributed by atoms with van der Waals surface area (Å²) in [6, 6.07) is 42.9. The molecule has 3 amide bonds. The van der Waals surface area contributed by atoms with Crippen molar-refractivity contribution in [2.75, 3.05) is 86.4 Å². The lowest BCUT2D eigenvalue weighted by atomic mass is 9.92. The summed E-state index contributed by atoms with van der Waals surface area (Å²) in [6.45, 7) is 8.04. The molecule has 15 nitrogen and oxygen atoms in total. The zero-order valence-corrected chi connectivity index (χ0v) is 43.2. The Morgan fingerprint density at radius 1 is 0.720 bits per heavy atom. The maximum atomic E-state index is 13.8. The number of aryl methyl sites for hydroxylation is 1. The van der Waals surface area contributed by atoms with Crippen molar-refractivity contribution < 1.29 is 33.3 Å². The molecule has 6 aromatic carbocycles. The first-order chi connectivity index (χ1) is 36.6. The summed E-state index contributed by atoms with van der Waals surface area (Å²) >= 11 is 0.